The molecule has 1 aromatic heterocycles. The lowest BCUT2D eigenvalue weighted by molar-refractivity contribution is -0.150. The summed E-state index contributed by atoms with van der Waals surface area (Å²) in [6.45, 7) is 5.23. The quantitative estimate of drug-likeness (QED) is 0.889. The highest BCUT2D eigenvalue weighted by atomic mass is 32.1. The predicted octanol–water partition coefficient (Wildman–Crippen LogP) is 1.89. The van der Waals surface area contributed by atoms with E-state index < -0.39 is 11.4 Å². The van der Waals surface area contributed by atoms with E-state index in [1.54, 1.807) is 23.2 Å². The molecule has 6 nitrogen and oxygen atoms in total. The number of likely N-dealkylation sites (tertiary alicyclic amines) is 1. The Morgan fingerprint density at radius 1 is 1.48 bits per heavy atom. The van der Waals surface area contributed by atoms with Gasteiger partial charge in [0.1, 0.15) is 0 Å². The van der Waals surface area contributed by atoms with Crippen molar-refractivity contribution < 1.29 is 14.7 Å². The van der Waals surface area contributed by atoms with Crippen LogP contribution in [0.25, 0.3) is 0 Å². The number of aryl methyl sites for hydroxylation is 1. The fourth-order valence-electron chi connectivity index (χ4n) is 2.32. The maximum absolute atomic E-state index is 12.0. The lowest BCUT2D eigenvalue weighted by Gasteiger charge is -2.36. The molecule has 2 heterocycles. The van der Waals surface area contributed by atoms with Crippen LogP contribution in [0, 0.1) is 12.3 Å². The molecule has 116 valence electrons. The summed E-state index contributed by atoms with van der Waals surface area (Å²) in [7, 11) is 0. The second-order valence-electron chi connectivity index (χ2n) is 5.72. The van der Waals surface area contributed by atoms with Crippen molar-refractivity contribution in [3.8, 4) is 0 Å². The minimum atomic E-state index is -0.776. The smallest absolute Gasteiger partial charge is 0.317 e. The first-order valence-corrected chi connectivity index (χ1v) is 7.96. The summed E-state index contributed by atoms with van der Waals surface area (Å²) in [5, 5.41) is 15.1. The third-order valence-electron chi connectivity index (χ3n) is 3.95. The van der Waals surface area contributed by atoms with E-state index in [1.165, 1.54) is 0 Å². The van der Waals surface area contributed by atoms with Crippen molar-refractivity contribution in [1.82, 2.24) is 15.2 Å². The second-order valence-corrected chi connectivity index (χ2v) is 6.66. The van der Waals surface area contributed by atoms with Crippen LogP contribution in [0.3, 0.4) is 0 Å². The average Bonchev–Trinajstić information content (AvgIpc) is 2.85. The summed E-state index contributed by atoms with van der Waals surface area (Å²) in [5.74, 6) is -0.776. The number of aromatic nitrogens is 1. The Hall–Kier alpha value is -1.63. The number of amides is 2. The van der Waals surface area contributed by atoms with Gasteiger partial charge in [-0.3, -0.25) is 4.79 Å². The lowest BCUT2D eigenvalue weighted by Crippen LogP contribution is -2.49. The molecule has 0 radical (unpaired) electrons. The van der Waals surface area contributed by atoms with E-state index in [0.717, 1.165) is 17.1 Å². The van der Waals surface area contributed by atoms with Crippen LogP contribution in [-0.2, 0) is 11.2 Å². The van der Waals surface area contributed by atoms with Crippen LogP contribution in [0.2, 0.25) is 0 Å². The van der Waals surface area contributed by atoms with Crippen molar-refractivity contribution >= 4 is 23.3 Å². The van der Waals surface area contributed by atoms with E-state index in [9.17, 15) is 9.59 Å². The van der Waals surface area contributed by atoms with Crippen LogP contribution in [0.15, 0.2) is 5.38 Å². The molecule has 2 amide bonds. The Morgan fingerprint density at radius 2 is 2.14 bits per heavy atom. The van der Waals surface area contributed by atoms with Crippen molar-refractivity contribution in [3.05, 3.63) is 16.1 Å². The van der Waals surface area contributed by atoms with Gasteiger partial charge in [-0.05, 0) is 26.7 Å². The van der Waals surface area contributed by atoms with Crippen LogP contribution < -0.4 is 5.32 Å². The second kappa shape index (κ2) is 6.43. The number of carboxylic acid groups (broad SMARTS) is 1. The third-order valence-corrected chi connectivity index (χ3v) is 4.98. The summed E-state index contributed by atoms with van der Waals surface area (Å²) >= 11 is 1.60. The van der Waals surface area contributed by atoms with Gasteiger partial charge in [0.05, 0.1) is 10.4 Å². The maximum atomic E-state index is 12.0. The van der Waals surface area contributed by atoms with Crippen LogP contribution in [0.5, 0.6) is 0 Å². The molecule has 0 unspecified atom stereocenters. The monoisotopic (exact) mass is 311 g/mol. The summed E-state index contributed by atoms with van der Waals surface area (Å²) < 4.78 is 0. The van der Waals surface area contributed by atoms with Crippen LogP contribution >= 0.6 is 11.3 Å². The molecule has 21 heavy (non-hydrogen) atoms. The number of carbonyl (C=O) groups excluding carboxylic acids is 1. The summed E-state index contributed by atoms with van der Waals surface area (Å²) in [6.07, 6.45) is 1.73. The average molecular weight is 311 g/mol. The number of hydrogen-bond acceptors (Lipinski definition) is 4. The highest BCUT2D eigenvalue weighted by Crippen LogP contribution is 2.30. The zero-order valence-corrected chi connectivity index (χ0v) is 13.2. The molecule has 0 spiro atoms. The number of nitrogens with one attached hydrogen (secondary N) is 1. The Balaban J connectivity index is 1.74. The first-order valence-electron chi connectivity index (χ1n) is 7.08. The van der Waals surface area contributed by atoms with E-state index >= 15 is 0 Å². The topological polar surface area (TPSA) is 82.5 Å². The van der Waals surface area contributed by atoms with Crippen LogP contribution in [0.4, 0.5) is 4.79 Å². The van der Waals surface area contributed by atoms with E-state index in [1.807, 2.05) is 12.3 Å². The number of nitrogens with zero attached hydrogens (tertiary/aromatic N) is 2. The number of carboxylic acids is 1. The van der Waals surface area contributed by atoms with Gasteiger partial charge in [0.2, 0.25) is 0 Å². The standard InChI is InChI=1S/C14H21N3O3S/c1-10-9-21-11(16-10)3-6-15-13(20)17-7-4-14(2,5-8-17)12(18)19/h9H,3-8H2,1-2H3,(H,15,20)(H,18,19). The molecule has 1 aliphatic heterocycles. The number of hydrogen-bond donors (Lipinski definition) is 2. The Labute approximate surface area is 128 Å². The predicted molar refractivity (Wildman–Crippen MR) is 80.5 cm³/mol. The molecule has 0 aromatic carbocycles. The van der Waals surface area contributed by atoms with Gasteiger partial charge in [-0.2, -0.15) is 0 Å². The Bertz CT molecular complexity index is 521. The van der Waals surface area contributed by atoms with Gasteiger partial charge in [0.15, 0.2) is 0 Å². The molecule has 2 N–H and O–H groups in total. The van der Waals surface area contributed by atoms with Gasteiger partial charge >= 0.3 is 12.0 Å². The molecular formula is C14H21N3O3S. The Kier molecular flexibility index (Phi) is 4.82. The zero-order chi connectivity index (χ0) is 15.5. The number of piperidine rings is 1. The Morgan fingerprint density at radius 3 is 2.67 bits per heavy atom. The van der Waals surface area contributed by atoms with Gasteiger partial charge in [-0.15, -0.1) is 11.3 Å². The van der Waals surface area contributed by atoms with E-state index in [0.29, 0.717) is 32.5 Å². The molecule has 1 fully saturated rings. The zero-order valence-electron chi connectivity index (χ0n) is 12.4. The number of thiazole rings is 1. The van der Waals surface area contributed by atoms with Crippen molar-refractivity contribution in [1.29, 1.82) is 0 Å². The number of urea groups is 1. The van der Waals surface area contributed by atoms with Crippen molar-refractivity contribution in [2.45, 2.75) is 33.1 Å². The molecule has 1 aromatic rings. The lowest BCUT2D eigenvalue weighted by atomic mass is 9.80. The molecule has 7 heteroatoms. The third kappa shape index (κ3) is 3.93. The SMILES string of the molecule is Cc1csc(CCNC(=O)N2CCC(C)(C(=O)O)CC2)n1. The minimum absolute atomic E-state index is 0.115. The van der Waals surface area contributed by atoms with Gasteiger partial charge in [0.25, 0.3) is 0 Å². The molecule has 0 aliphatic carbocycles. The fourth-order valence-corrected chi connectivity index (χ4v) is 3.10. The van der Waals surface area contributed by atoms with Crippen molar-refractivity contribution in [2.75, 3.05) is 19.6 Å². The number of aliphatic carboxylic acids is 1. The van der Waals surface area contributed by atoms with Gasteiger partial charge in [-0.1, -0.05) is 0 Å². The first-order chi connectivity index (χ1) is 9.90. The first kappa shape index (κ1) is 15.8. The highest BCUT2D eigenvalue weighted by molar-refractivity contribution is 7.09. The van der Waals surface area contributed by atoms with E-state index in [4.69, 9.17) is 5.11 Å². The van der Waals surface area contributed by atoms with Gasteiger partial charge < -0.3 is 15.3 Å². The van der Waals surface area contributed by atoms with Crippen LogP contribution in [-0.4, -0.2) is 46.6 Å². The highest BCUT2D eigenvalue weighted by Gasteiger charge is 2.37. The number of rotatable bonds is 4. The normalized spacial score (nSPS) is 17.5. The molecule has 1 saturated heterocycles. The molecule has 0 bridgehead atoms. The largest absolute Gasteiger partial charge is 0.481 e. The summed E-state index contributed by atoms with van der Waals surface area (Å²) in [5.41, 5.74) is 0.306. The molecule has 1 aliphatic rings. The minimum Gasteiger partial charge on any atom is -0.481 e. The molecular weight excluding hydrogens is 290 g/mol. The molecule has 2 rings (SSSR count). The van der Waals surface area contributed by atoms with E-state index in [2.05, 4.69) is 10.3 Å². The maximum Gasteiger partial charge on any atom is 0.317 e. The van der Waals surface area contributed by atoms with Crippen molar-refractivity contribution in [3.63, 3.8) is 0 Å². The summed E-state index contributed by atoms with van der Waals surface area (Å²) in [6, 6.07) is -0.115. The summed E-state index contributed by atoms with van der Waals surface area (Å²) in [4.78, 5) is 29.2. The molecule has 0 atom stereocenters. The number of carbonyl (C=O) groups is 2. The van der Waals surface area contributed by atoms with Gasteiger partial charge in [-0.25, -0.2) is 9.78 Å². The van der Waals surface area contributed by atoms with E-state index in [-0.39, 0.29) is 6.03 Å². The van der Waals surface area contributed by atoms with Gasteiger partial charge in [0, 0.05) is 37.1 Å². The fraction of sp³-hybridized carbons (Fsp3) is 0.643. The molecule has 0 saturated carbocycles. The van der Waals surface area contributed by atoms with Crippen LogP contribution in [0.1, 0.15) is 30.5 Å². The van der Waals surface area contributed by atoms with Crippen molar-refractivity contribution in [2.24, 2.45) is 5.41 Å².